The van der Waals surface area contributed by atoms with Crippen LogP contribution in [-0.2, 0) is 25.8 Å². The topological polar surface area (TPSA) is 89.5 Å². The Balaban J connectivity index is 1.60. The minimum absolute atomic E-state index is 0.343. The van der Waals surface area contributed by atoms with Gasteiger partial charge >= 0.3 is 5.97 Å². The van der Waals surface area contributed by atoms with Gasteiger partial charge in [0, 0.05) is 11.1 Å². The molecule has 5 rings (SSSR count). The van der Waals surface area contributed by atoms with Crippen LogP contribution >= 0.6 is 11.8 Å². The van der Waals surface area contributed by atoms with Gasteiger partial charge < -0.3 is 10.1 Å². The zero-order valence-corrected chi connectivity index (χ0v) is 26.6. The Morgan fingerprint density at radius 2 is 1.58 bits per heavy atom. The number of nitrogens with one attached hydrogen (secondary N) is 1. The van der Waals surface area contributed by atoms with Crippen LogP contribution in [0.1, 0.15) is 67.3 Å². The predicted octanol–water partition coefficient (Wildman–Crippen LogP) is 7.10. The standard InChI is InChI=1S/C35H41NO5S2/c1-41-35(38)32(20-21-42-2)36-34(37)30-19-17-25-22-26(18-16-24-10-4-3-5-11-24)43(39,40)33-15-9-8-14-29(33)27-12-6-7-13-28(27)31(30)23-25/h6-9,12-15,17,19,23-24,26,32H,3-5,10-11,16,18,20-22H2,1-2H3,(H,36,37)/t26?,32-/m0/s1. The van der Waals surface area contributed by atoms with E-state index in [9.17, 15) is 18.0 Å². The van der Waals surface area contributed by atoms with E-state index in [4.69, 9.17) is 4.74 Å². The van der Waals surface area contributed by atoms with Gasteiger partial charge in [0.15, 0.2) is 9.84 Å². The summed E-state index contributed by atoms with van der Waals surface area (Å²) in [5, 5.41) is 2.34. The number of thioether (sulfide) groups is 1. The Hall–Kier alpha value is -3.10. The lowest BCUT2D eigenvalue weighted by atomic mass is 9.85. The molecule has 0 saturated heterocycles. The van der Waals surface area contributed by atoms with Gasteiger partial charge in [-0.15, -0.1) is 0 Å². The molecule has 1 N–H and O–H groups in total. The fourth-order valence-electron chi connectivity index (χ4n) is 6.60. The first-order valence-corrected chi connectivity index (χ1v) is 18.2. The molecule has 1 aliphatic heterocycles. The molecule has 43 heavy (non-hydrogen) atoms. The van der Waals surface area contributed by atoms with Gasteiger partial charge in [0.05, 0.1) is 17.3 Å². The second-order valence-electron chi connectivity index (χ2n) is 11.7. The van der Waals surface area contributed by atoms with E-state index in [1.165, 1.54) is 39.2 Å². The highest BCUT2D eigenvalue weighted by Crippen LogP contribution is 2.41. The fourth-order valence-corrected chi connectivity index (χ4v) is 9.04. The quantitative estimate of drug-likeness (QED) is 0.257. The Kier molecular flexibility index (Phi) is 10.3. The number of benzene rings is 3. The molecule has 1 aliphatic carbocycles. The predicted molar refractivity (Wildman–Crippen MR) is 174 cm³/mol. The van der Waals surface area contributed by atoms with Crippen molar-refractivity contribution < 1.29 is 22.7 Å². The van der Waals surface area contributed by atoms with Crippen LogP contribution in [0.2, 0.25) is 0 Å². The molecule has 0 aromatic heterocycles. The monoisotopic (exact) mass is 619 g/mol. The maximum atomic E-state index is 14.4. The molecule has 0 spiro atoms. The summed E-state index contributed by atoms with van der Waals surface area (Å²) in [7, 11) is -2.33. The first kappa shape index (κ1) is 31.3. The maximum Gasteiger partial charge on any atom is 0.328 e. The molecule has 228 valence electrons. The van der Waals surface area contributed by atoms with E-state index < -0.39 is 27.1 Å². The number of amides is 1. The van der Waals surface area contributed by atoms with Gasteiger partial charge in [-0.05, 0) is 78.0 Å². The van der Waals surface area contributed by atoms with Crippen LogP contribution < -0.4 is 5.32 Å². The highest BCUT2D eigenvalue weighted by molar-refractivity contribution is 7.98. The molecule has 3 aromatic carbocycles. The van der Waals surface area contributed by atoms with Crippen molar-refractivity contribution in [1.82, 2.24) is 5.32 Å². The molecule has 0 radical (unpaired) electrons. The average Bonchev–Trinajstić information content (AvgIpc) is 3.04. The summed E-state index contributed by atoms with van der Waals surface area (Å²) in [5.74, 6) is 0.433. The smallest absolute Gasteiger partial charge is 0.328 e. The van der Waals surface area contributed by atoms with Gasteiger partial charge in [0.1, 0.15) is 6.04 Å². The van der Waals surface area contributed by atoms with E-state index in [0.717, 1.165) is 28.7 Å². The number of ether oxygens (including phenoxy) is 1. The molecule has 1 saturated carbocycles. The summed E-state index contributed by atoms with van der Waals surface area (Å²) in [6.45, 7) is 0. The zero-order valence-electron chi connectivity index (χ0n) is 25.0. The first-order chi connectivity index (χ1) is 20.8. The van der Waals surface area contributed by atoms with Crippen LogP contribution in [0.4, 0.5) is 0 Å². The number of rotatable bonds is 9. The summed E-state index contributed by atoms with van der Waals surface area (Å²) >= 11 is 1.60. The molecule has 8 heteroatoms. The fraction of sp³-hybridized carbons (Fsp3) is 0.429. The third kappa shape index (κ3) is 7.01. The largest absolute Gasteiger partial charge is 0.467 e. The van der Waals surface area contributed by atoms with Crippen molar-refractivity contribution >= 4 is 33.5 Å². The number of methoxy groups -OCH3 is 1. The molecule has 1 unspecified atom stereocenters. The third-order valence-corrected chi connectivity index (χ3v) is 11.8. The Labute approximate surface area is 259 Å². The lowest BCUT2D eigenvalue weighted by Gasteiger charge is -2.27. The average molecular weight is 620 g/mol. The van der Waals surface area contributed by atoms with Crippen molar-refractivity contribution in [2.24, 2.45) is 5.92 Å². The number of carbonyl (C=O) groups is 2. The Morgan fingerprint density at radius 3 is 2.28 bits per heavy atom. The van der Waals surface area contributed by atoms with Crippen LogP contribution in [0.25, 0.3) is 22.3 Å². The highest BCUT2D eigenvalue weighted by atomic mass is 32.2. The second-order valence-corrected chi connectivity index (χ2v) is 14.9. The normalized spacial score (nSPS) is 18.5. The summed E-state index contributed by atoms with van der Waals surface area (Å²) in [4.78, 5) is 26.6. The molecule has 2 bridgehead atoms. The summed E-state index contributed by atoms with van der Waals surface area (Å²) in [6, 6.07) is 19.8. The highest BCUT2D eigenvalue weighted by Gasteiger charge is 2.33. The molecular weight excluding hydrogens is 579 g/mol. The zero-order chi connectivity index (χ0) is 30.4. The molecule has 2 aliphatic rings. The number of fused-ring (bicyclic) bond motifs is 6. The molecule has 3 aromatic rings. The summed E-state index contributed by atoms with van der Waals surface area (Å²) in [6.07, 6.45) is 10.4. The van der Waals surface area contributed by atoms with Gasteiger partial charge in [-0.1, -0.05) is 86.7 Å². The molecule has 6 nitrogen and oxygen atoms in total. The number of carbonyl (C=O) groups excluding carboxylic acids is 2. The van der Waals surface area contributed by atoms with Crippen molar-refractivity contribution in [3.05, 3.63) is 77.9 Å². The Bertz CT molecular complexity index is 1560. The van der Waals surface area contributed by atoms with E-state index in [1.807, 2.05) is 54.8 Å². The number of esters is 1. The van der Waals surface area contributed by atoms with Crippen LogP contribution in [0.15, 0.2) is 71.6 Å². The van der Waals surface area contributed by atoms with Crippen LogP contribution in [0, 0.1) is 5.92 Å². The number of hydrogen-bond donors (Lipinski definition) is 1. The molecule has 1 amide bonds. The van der Waals surface area contributed by atoms with E-state index in [-0.39, 0.29) is 5.91 Å². The SMILES string of the molecule is COC(=O)[C@H](CCSC)NC(=O)c1ccc2cc1-c1ccccc1-c1ccccc1S(=O)(=O)C(CCC1CCCCC1)C2. The van der Waals surface area contributed by atoms with Crippen molar-refractivity contribution in [3.8, 4) is 22.3 Å². The van der Waals surface area contributed by atoms with E-state index in [1.54, 1.807) is 30.0 Å². The van der Waals surface area contributed by atoms with E-state index in [0.29, 0.717) is 47.0 Å². The summed E-state index contributed by atoms with van der Waals surface area (Å²) < 4.78 is 33.7. The maximum absolute atomic E-state index is 14.4. The van der Waals surface area contributed by atoms with Gasteiger partial charge in [-0.2, -0.15) is 11.8 Å². The van der Waals surface area contributed by atoms with Crippen molar-refractivity contribution in [2.75, 3.05) is 19.1 Å². The molecule has 1 fully saturated rings. The number of sulfone groups is 1. The lowest BCUT2D eigenvalue weighted by molar-refractivity contribution is -0.142. The van der Waals surface area contributed by atoms with Gasteiger partial charge in [-0.3, -0.25) is 4.79 Å². The van der Waals surface area contributed by atoms with Crippen LogP contribution in [-0.4, -0.2) is 50.7 Å². The minimum Gasteiger partial charge on any atom is -0.467 e. The molecular formula is C35H41NO5S2. The van der Waals surface area contributed by atoms with Gasteiger partial charge in [-0.25, -0.2) is 13.2 Å². The van der Waals surface area contributed by atoms with Crippen LogP contribution in [0.5, 0.6) is 0 Å². The molecule has 1 heterocycles. The van der Waals surface area contributed by atoms with Crippen LogP contribution in [0.3, 0.4) is 0 Å². The van der Waals surface area contributed by atoms with E-state index in [2.05, 4.69) is 5.32 Å². The third-order valence-electron chi connectivity index (χ3n) is 8.96. The van der Waals surface area contributed by atoms with Gasteiger partial charge in [0.2, 0.25) is 0 Å². The number of hydrogen-bond acceptors (Lipinski definition) is 6. The van der Waals surface area contributed by atoms with Crippen molar-refractivity contribution in [2.45, 2.75) is 74.0 Å². The first-order valence-electron chi connectivity index (χ1n) is 15.3. The van der Waals surface area contributed by atoms with Gasteiger partial charge in [0.25, 0.3) is 5.91 Å². The van der Waals surface area contributed by atoms with E-state index >= 15 is 0 Å². The lowest BCUT2D eigenvalue weighted by Crippen LogP contribution is -2.42. The Morgan fingerprint density at radius 1 is 0.907 bits per heavy atom. The minimum atomic E-state index is -3.65. The van der Waals surface area contributed by atoms with Crippen molar-refractivity contribution in [1.29, 1.82) is 0 Å². The summed E-state index contributed by atoms with van der Waals surface area (Å²) in [5.41, 5.74) is 4.22. The molecule has 2 atom stereocenters. The second kappa shape index (κ2) is 14.1. The van der Waals surface area contributed by atoms with Crippen molar-refractivity contribution in [3.63, 3.8) is 0 Å².